The third kappa shape index (κ3) is 1.96. The first-order valence-corrected chi connectivity index (χ1v) is 5.97. The molecule has 1 aliphatic rings. The Morgan fingerprint density at radius 1 is 0.800 bits per heavy atom. The lowest BCUT2D eigenvalue weighted by Crippen LogP contribution is -2.34. The molecule has 0 nitrogen and oxygen atoms in total. The van der Waals surface area contributed by atoms with Crippen LogP contribution in [0.4, 0.5) is 0 Å². The average Bonchev–Trinajstić information content (AvgIpc) is 1.77. The average molecular weight is 258 g/mol. The monoisotopic (exact) mass is 256 g/mol. The Morgan fingerprint density at radius 2 is 1.10 bits per heavy atom. The van der Waals surface area contributed by atoms with Crippen molar-refractivity contribution in [1.82, 2.24) is 0 Å². The molecule has 0 amide bonds. The fraction of sp³-hybridized carbons (Fsp3) is 1.00. The second-order valence-corrected chi connectivity index (χ2v) is 7.90. The number of thioether (sulfide) groups is 2. The zero-order valence-corrected chi connectivity index (χ0v) is 9.40. The Kier molecular flexibility index (Phi) is 3.29. The van der Waals surface area contributed by atoms with E-state index in [2.05, 4.69) is 0 Å². The summed E-state index contributed by atoms with van der Waals surface area (Å²) < 4.78 is -2.14. The van der Waals surface area contributed by atoms with Crippen LogP contribution in [0.15, 0.2) is 0 Å². The van der Waals surface area contributed by atoms with Crippen molar-refractivity contribution >= 4 is 69.9 Å². The highest BCUT2D eigenvalue weighted by atomic mass is 35.5. The summed E-state index contributed by atoms with van der Waals surface area (Å²) in [6, 6.07) is 0. The molecule has 0 aliphatic carbocycles. The quantitative estimate of drug-likeness (QED) is 0.607. The number of halogens is 4. The van der Waals surface area contributed by atoms with Crippen molar-refractivity contribution in [3.05, 3.63) is 0 Å². The number of rotatable bonds is 0. The molecule has 0 N–H and O–H groups in total. The molecule has 10 heavy (non-hydrogen) atoms. The minimum absolute atomic E-state index is 0.888. The molecule has 60 valence electrons. The lowest BCUT2D eigenvalue weighted by molar-refractivity contribution is 1.11. The maximum atomic E-state index is 5.81. The maximum absolute atomic E-state index is 5.81. The lowest BCUT2D eigenvalue weighted by Gasteiger charge is -2.35. The van der Waals surface area contributed by atoms with E-state index in [0.717, 1.165) is 11.5 Å². The van der Waals surface area contributed by atoms with Crippen LogP contribution in [0.5, 0.6) is 0 Å². The van der Waals surface area contributed by atoms with E-state index in [1.54, 1.807) is 0 Å². The second kappa shape index (κ2) is 3.31. The summed E-state index contributed by atoms with van der Waals surface area (Å²) >= 11 is 26.0. The van der Waals surface area contributed by atoms with Crippen LogP contribution < -0.4 is 0 Å². The van der Waals surface area contributed by atoms with Crippen molar-refractivity contribution in [2.75, 3.05) is 11.5 Å². The zero-order valence-electron chi connectivity index (χ0n) is 4.74. The number of hydrogen-bond donors (Lipinski definition) is 0. The normalized spacial score (nSPS) is 30.0. The van der Waals surface area contributed by atoms with Crippen molar-refractivity contribution in [2.45, 2.75) is 7.33 Å². The van der Waals surface area contributed by atoms with Crippen molar-refractivity contribution in [3.63, 3.8) is 0 Å². The van der Waals surface area contributed by atoms with E-state index in [1.165, 1.54) is 23.5 Å². The summed E-state index contributed by atoms with van der Waals surface area (Å²) in [6.45, 7) is 0. The predicted octanol–water partition coefficient (Wildman–Crippen LogP) is 3.73. The minimum atomic E-state index is -1.07. The standard InChI is InChI=1S/C4H4Cl4S2/c5-3(6)4(7,8)10-2-1-9-3/h1-2H2. The van der Waals surface area contributed by atoms with Crippen molar-refractivity contribution < 1.29 is 0 Å². The molecule has 0 aromatic rings. The SMILES string of the molecule is ClC1(Cl)SCCSC1(Cl)Cl. The van der Waals surface area contributed by atoms with Gasteiger partial charge < -0.3 is 0 Å². The highest BCUT2D eigenvalue weighted by Gasteiger charge is 2.50. The Balaban J connectivity index is 2.70. The first-order chi connectivity index (χ1) is 4.46. The van der Waals surface area contributed by atoms with Crippen molar-refractivity contribution in [2.24, 2.45) is 0 Å². The highest BCUT2D eigenvalue weighted by molar-refractivity contribution is 8.11. The van der Waals surface area contributed by atoms with Gasteiger partial charge in [-0.3, -0.25) is 0 Å². The van der Waals surface area contributed by atoms with E-state index < -0.39 is 7.33 Å². The second-order valence-electron chi connectivity index (χ2n) is 1.73. The summed E-state index contributed by atoms with van der Waals surface area (Å²) in [5, 5.41) is 0. The fourth-order valence-electron chi connectivity index (χ4n) is 0.508. The van der Waals surface area contributed by atoms with Gasteiger partial charge in [0.05, 0.1) is 0 Å². The largest absolute Gasteiger partial charge is 0.205 e. The predicted molar refractivity (Wildman–Crippen MR) is 53.8 cm³/mol. The summed E-state index contributed by atoms with van der Waals surface area (Å²) in [4.78, 5) is 0. The van der Waals surface area contributed by atoms with Crippen LogP contribution in [0.1, 0.15) is 0 Å². The first kappa shape index (κ1) is 9.94. The van der Waals surface area contributed by atoms with Gasteiger partial charge in [0.25, 0.3) is 0 Å². The molecule has 0 saturated carbocycles. The van der Waals surface area contributed by atoms with Gasteiger partial charge >= 0.3 is 0 Å². The van der Waals surface area contributed by atoms with Gasteiger partial charge in [-0.2, -0.15) is 0 Å². The Bertz CT molecular complexity index is 119. The molecule has 0 bridgehead atoms. The van der Waals surface area contributed by atoms with E-state index in [-0.39, 0.29) is 0 Å². The van der Waals surface area contributed by atoms with Crippen LogP contribution in [0.2, 0.25) is 0 Å². The molecule has 1 heterocycles. The van der Waals surface area contributed by atoms with Gasteiger partial charge in [-0.05, 0) is 0 Å². The van der Waals surface area contributed by atoms with Gasteiger partial charge in [-0.25, -0.2) is 0 Å². The van der Waals surface area contributed by atoms with Crippen LogP contribution in [-0.4, -0.2) is 18.8 Å². The molecular weight excluding hydrogens is 254 g/mol. The summed E-state index contributed by atoms with van der Waals surface area (Å²) in [5.74, 6) is 1.78. The van der Waals surface area contributed by atoms with Crippen LogP contribution in [0.3, 0.4) is 0 Å². The molecule has 0 spiro atoms. The third-order valence-corrected chi connectivity index (χ3v) is 6.81. The Morgan fingerprint density at radius 3 is 1.30 bits per heavy atom. The molecule has 1 aliphatic heterocycles. The minimum Gasteiger partial charge on any atom is -0.119 e. The highest BCUT2D eigenvalue weighted by Crippen LogP contribution is 2.59. The Hall–Kier alpha value is 1.86. The summed E-state index contributed by atoms with van der Waals surface area (Å²) in [5.41, 5.74) is 0. The van der Waals surface area contributed by atoms with E-state index in [0.29, 0.717) is 0 Å². The van der Waals surface area contributed by atoms with E-state index in [9.17, 15) is 0 Å². The van der Waals surface area contributed by atoms with Gasteiger partial charge in [0, 0.05) is 11.5 Å². The summed E-state index contributed by atoms with van der Waals surface area (Å²) in [7, 11) is 0. The van der Waals surface area contributed by atoms with Crippen LogP contribution in [0, 0.1) is 0 Å². The molecule has 1 saturated heterocycles. The van der Waals surface area contributed by atoms with E-state index in [1.807, 2.05) is 0 Å². The van der Waals surface area contributed by atoms with Crippen LogP contribution in [0.25, 0.3) is 0 Å². The maximum Gasteiger partial charge on any atom is 0.205 e. The van der Waals surface area contributed by atoms with Gasteiger partial charge in [-0.1, -0.05) is 46.4 Å². The molecule has 0 unspecified atom stereocenters. The molecule has 0 aromatic carbocycles. The van der Waals surface area contributed by atoms with Gasteiger partial charge in [-0.15, -0.1) is 23.5 Å². The third-order valence-electron chi connectivity index (χ3n) is 0.989. The zero-order chi connectivity index (χ0) is 7.83. The summed E-state index contributed by atoms with van der Waals surface area (Å²) in [6.07, 6.45) is 0. The van der Waals surface area contributed by atoms with Crippen molar-refractivity contribution in [1.29, 1.82) is 0 Å². The van der Waals surface area contributed by atoms with Gasteiger partial charge in [0.15, 0.2) is 0 Å². The molecule has 6 heteroatoms. The number of alkyl halides is 4. The smallest absolute Gasteiger partial charge is 0.119 e. The van der Waals surface area contributed by atoms with Crippen molar-refractivity contribution in [3.8, 4) is 0 Å². The molecular formula is C4H4Cl4S2. The first-order valence-electron chi connectivity index (χ1n) is 2.49. The van der Waals surface area contributed by atoms with Crippen LogP contribution >= 0.6 is 69.9 Å². The van der Waals surface area contributed by atoms with Gasteiger partial charge in [0.2, 0.25) is 7.33 Å². The Labute approximate surface area is 88.3 Å². The molecule has 1 fully saturated rings. The molecule has 1 rings (SSSR count). The molecule has 0 atom stereocenters. The fourth-order valence-corrected chi connectivity index (χ4v) is 3.96. The van der Waals surface area contributed by atoms with E-state index >= 15 is 0 Å². The molecule has 0 radical (unpaired) electrons. The topological polar surface area (TPSA) is 0 Å². The molecule has 0 aromatic heterocycles. The lowest BCUT2D eigenvalue weighted by atomic mass is 10.9. The van der Waals surface area contributed by atoms with E-state index in [4.69, 9.17) is 46.4 Å². The van der Waals surface area contributed by atoms with Gasteiger partial charge in [0.1, 0.15) is 0 Å². The number of hydrogen-bond acceptors (Lipinski definition) is 2. The van der Waals surface area contributed by atoms with Crippen LogP contribution in [-0.2, 0) is 0 Å².